The molecule has 2 fully saturated rings. The van der Waals surface area contributed by atoms with Crippen molar-refractivity contribution in [3.8, 4) is 0 Å². The zero-order chi connectivity index (χ0) is 12.8. The molecule has 4 heteroatoms. The largest absolute Gasteiger partial charge is 0.464 e. The first-order chi connectivity index (χ1) is 7.87. The lowest BCUT2D eigenvalue weighted by molar-refractivity contribution is -0.914. The summed E-state index contributed by atoms with van der Waals surface area (Å²) in [5.74, 6) is 0.201. The van der Waals surface area contributed by atoms with Crippen LogP contribution in [0.4, 0.5) is 0 Å². The molecule has 4 nitrogen and oxygen atoms in total. The number of epoxide rings is 1. The Kier molecular flexibility index (Phi) is 2.99. The third-order valence-corrected chi connectivity index (χ3v) is 4.69. The molecule has 2 heterocycles. The van der Waals surface area contributed by atoms with E-state index >= 15 is 0 Å². The van der Waals surface area contributed by atoms with Gasteiger partial charge in [-0.15, -0.1) is 0 Å². The summed E-state index contributed by atoms with van der Waals surface area (Å²) in [5, 5.41) is 0. The summed E-state index contributed by atoms with van der Waals surface area (Å²) in [7, 11) is 2.21. The second-order valence-corrected chi connectivity index (χ2v) is 5.80. The maximum Gasteiger partial charge on any atom is 0.341 e. The van der Waals surface area contributed by atoms with E-state index in [1.54, 1.807) is 0 Å². The predicted molar refractivity (Wildman–Crippen MR) is 63.9 cm³/mol. The van der Waals surface area contributed by atoms with Crippen LogP contribution in [0.1, 0.15) is 34.1 Å². The zero-order valence-electron chi connectivity index (χ0n) is 11.5. The summed E-state index contributed by atoms with van der Waals surface area (Å²) >= 11 is 0. The molecule has 98 valence electrons. The van der Waals surface area contributed by atoms with Crippen molar-refractivity contribution >= 4 is 5.97 Å². The summed E-state index contributed by atoms with van der Waals surface area (Å²) in [6.07, 6.45) is 0.940. The number of hydrogen-bond donors (Lipinski definition) is 1. The van der Waals surface area contributed by atoms with Crippen LogP contribution in [0.5, 0.6) is 0 Å². The van der Waals surface area contributed by atoms with Crippen molar-refractivity contribution in [1.82, 2.24) is 0 Å². The highest BCUT2D eigenvalue weighted by molar-refractivity contribution is 5.84. The van der Waals surface area contributed by atoms with Gasteiger partial charge in [0, 0.05) is 12.3 Å². The van der Waals surface area contributed by atoms with Gasteiger partial charge in [-0.05, 0) is 20.8 Å². The minimum atomic E-state index is -0.711. The number of carbonyl (C=O) groups excluding carboxylic acids is 1. The zero-order valence-corrected chi connectivity index (χ0v) is 11.5. The van der Waals surface area contributed by atoms with E-state index in [0.29, 0.717) is 18.6 Å². The number of quaternary nitrogens is 1. The first kappa shape index (κ1) is 12.8. The van der Waals surface area contributed by atoms with Gasteiger partial charge in [-0.3, -0.25) is 0 Å². The van der Waals surface area contributed by atoms with Gasteiger partial charge >= 0.3 is 5.97 Å². The lowest BCUT2D eigenvalue weighted by Gasteiger charge is -2.36. The molecule has 17 heavy (non-hydrogen) atoms. The molecular weight excluding hydrogens is 218 g/mol. The molecular formula is C13H24NO3+. The maximum atomic E-state index is 12.0. The minimum Gasteiger partial charge on any atom is -0.464 e. The van der Waals surface area contributed by atoms with E-state index in [1.165, 1.54) is 4.90 Å². The van der Waals surface area contributed by atoms with Crippen LogP contribution in [0.3, 0.4) is 0 Å². The molecule has 1 unspecified atom stereocenters. The van der Waals surface area contributed by atoms with Gasteiger partial charge in [-0.2, -0.15) is 0 Å². The quantitative estimate of drug-likeness (QED) is 0.548. The molecule has 1 N–H and O–H groups in total. The number of carbonyl (C=O) groups is 1. The number of nitrogens with one attached hydrogen (secondary N) is 1. The van der Waals surface area contributed by atoms with Gasteiger partial charge < -0.3 is 14.4 Å². The Morgan fingerprint density at radius 2 is 2.18 bits per heavy atom. The van der Waals surface area contributed by atoms with Crippen molar-refractivity contribution in [2.24, 2.45) is 5.92 Å². The van der Waals surface area contributed by atoms with Gasteiger partial charge in [0.15, 0.2) is 5.60 Å². The Morgan fingerprint density at radius 3 is 2.76 bits per heavy atom. The molecule has 1 spiro atoms. The van der Waals surface area contributed by atoms with E-state index < -0.39 is 5.60 Å². The van der Waals surface area contributed by atoms with Crippen LogP contribution in [-0.4, -0.2) is 43.4 Å². The number of piperidine rings is 1. The lowest BCUT2D eigenvalue weighted by atomic mass is 9.76. The van der Waals surface area contributed by atoms with Crippen LogP contribution in [0.25, 0.3) is 0 Å². The Balaban J connectivity index is 2.15. The molecule has 5 atom stereocenters. The molecule has 0 radical (unpaired) electrons. The molecule has 0 saturated carbocycles. The summed E-state index contributed by atoms with van der Waals surface area (Å²) in [6.45, 7) is 9.59. The highest BCUT2D eigenvalue weighted by Crippen LogP contribution is 2.56. The third kappa shape index (κ3) is 1.69. The van der Waals surface area contributed by atoms with E-state index in [0.717, 1.165) is 13.0 Å². The topological polar surface area (TPSA) is 43.3 Å². The van der Waals surface area contributed by atoms with Crippen LogP contribution in [0.2, 0.25) is 0 Å². The Hall–Kier alpha value is -0.610. The molecule has 0 bridgehead atoms. The number of esters is 1. The van der Waals surface area contributed by atoms with Crippen molar-refractivity contribution in [1.29, 1.82) is 0 Å². The summed E-state index contributed by atoms with van der Waals surface area (Å²) in [5.41, 5.74) is -0.991. The lowest BCUT2D eigenvalue weighted by Crippen LogP contribution is -3.15. The molecule has 0 aromatic heterocycles. The van der Waals surface area contributed by atoms with Gasteiger partial charge in [0.05, 0.1) is 26.2 Å². The van der Waals surface area contributed by atoms with Crippen molar-refractivity contribution in [2.45, 2.75) is 51.4 Å². The number of likely N-dealkylation sites (tertiary alicyclic amines) is 1. The second-order valence-electron chi connectivity index (χ2n) is 5.80. The van der Waals surface area contributed by atoms with Crippen molar-refractivity contribution in [3.63, 3.8) is 0 Å². The molecule has 0 aromatic rings. The first-order valence-electron chi connectivity index (χ1n) is 6.57. The van der Waals surface area contributed by atoms with Crippen LogP contribution in [0.15, 0.2) is 0 Å². The Bertz CT molecular complexity index is 333. The van der Waals surface area contributed by atoms with Gasteiger partial charge in [0.2, 0.25) is 0 Å². The van der Waals surface area contributed by atoms with Crippen molar-refractivity contribution in [3.05, 3.63) is 0 Å². The molecule has 0 aliphatic carbocycles. The normalized spacial score (nSPS) is 49.1. The van der Waals surface area contributed by atoms with Crippen LogP contribution >= 0.6 is 0 Å². The van der Waals surface area contributed by atoms with E-state index in [1.807, 2.05) is 13.8 Å². The summed E-state index contributed by atoms with van der Waals surface area (Å²) in [4.78, 5) is 13.5. The van der Waals surface area contributed by atoms with Crippen LogP contribution in [0, 0.1) is 5.92 Å². The number of ether oxygens (including phenoxy) is 2. The first-order valence-corrected chi connectivity index (χ1v) is 6.57. The average Bonchev–Trinajstić information content (AvgIpc) is 2.85. The number of hydrogen-bond acceptors (Lipinski definition) is 3. The van der Waals surface area contributed by atoms with Crippen LogP contribution in [-0.2, 0) is 14.3 Å². The van der Waals surface area contributed by atoms with Gasteiger partial charge in [-0.25, -0.2) is 4.79 Å². The van der Waals surface area contributed by atoms with Crippen molar-refractivity contribution in [2.75, 3.05) is 20.2 Å². The van der Waals surface area contributed by atoms with Crippen LogP contribution < -0.4 is 4.90 Å². The van der Waals surface area contributed by atoms with E-state index in [-0.39, 0.29) is 11.6 Å². The highest BCUT2D eigenvalue weighted by Gasteiger charge is 2.76. The third-order valence-electron chi connectivity index (χ3n) is 4.69. The molecule has 0 amide bonds. The molecule has 2 aliphatic heterocycles. The van der Waals surface area contributed by atoms with Gasteiger partial charge in [0.25, 0.3) is 0 Å². The fourth-order valence-corrected chi connectivity index (χ4v) is 3.31. The smallest absolute Gasteiger partial charge is 0.341 e. The average molecular weight is 242 g/mol. The fraction of sp³-hybridized carbons (Fsp3) is 0.923. The van der Waals surface area contributed by atoms with E-state index in [4.69, 9.17) is 9.47 Å². The fourth-order valence-electron chi connectivity index (χ4n) is 3.31. The highest BCUT2D eigenvalue weighted by atomic mass is 16.7. The second kappa shape index (κ2) is 3.95. The molecule has 2 aliphatic rings. The monoisotopic (exact) mass is 242 g/mol. The molecule has 0 aromatic carbocycles. The minimum absolute atomic E-state index is 0.196. The van der Waals surface area contributed by atoms with E-state index in [2.05, 4.69) is 20.9 Å². The van der Waals surface area contributed by atoms with Crippen molar-refractivity contribution < 1.29 is 19.2 Å². The number of rotatable bonds is 2. The Labute approximate surface area is 103 Å². The molecule has 2 saturated heterocycles. The maximum absolute atomic E-state index is 12.0. The Morgan fingerprint density at radius 1 is 1.53 bits per heavy atom. The summed E-state index contributed by atoms with van der Waals surface area (Å²) in [6, 6.07) is 0.530. The van der Waals surface area contributed by atoms with Gasteiger partial charge in [-0.1, -0.05) is 6.92 Å². The standard InChI is InChI=1S/C13H23NO3/c1-6-16-11(15)12(4)13(17-12)7-10(3)14(5)8-9(13)2/h9-10H,6-8H2,1-5H3/p+1/t9-,10-,12-,13-/m0/s1. The van der Waals surface area contributed by atoms with Gasteiger partial charge in [0.1, 0.15) is 5.60 Å². The summed E-state index contributed by atoms with van der Waals surface area (Å²) < 4.78 is 11.0. The predicted octanol–water partition coefficient (Wildman–Crippen LogP) is 0.0202. The van der Waals surface area contributed by atoms with E-state index in [9.17, 15) is 4.79 Å². The SMILES string of the molecule is CCOC(=O)[C@]1(C)O[C@]12C[C@H](C)[NH+](C)C[C@@H]2C. The molecule has 2 rings (SSSR count).